The zero-order chi connectivity index (χ0) is 20.9. The first-order chi connectivity index (χ1) is 14.7. The molecule has 1 aliphatic rings. The molecule has 3 heterocycles. The Morgan fingerprint density at radius 1 is 1.13 bits per heavy atom. The fourth-order valence-electron chi connectivity index (χ4n) is 3.88. The van der Waals surface area contributed by atoms with Gasteiger partial charge in [-0.3, -0.25) is 9.59 Å². The molecule has 1 N–H and O–H groups in total. The third kappa shape index (κ3) is 4.49. The lowest BCUT2D eigenvalue weighted by molar-refractivity contribution is -0.126. The second-order valence-corrected chi connectivity index (χ2v) is 8.58. The van der Waals surface area contributed by atoms with E-state index in [-0.39, 0.29) is 23.8 Å². The highest BCUT2D eigenvalue weighted by molar-refractivity contribution is 7.10. The first-order valence-corrected chi connectivity index (χ1v) is 11.3. The van der Waals surface area contributed by atoms with Crippen LogP contribution in [0.5, 0.6) is 0 Å². The van der Waals surface area contributed by atoms with Crippen LogP contribution in [0.25, 0.3) is 0 Å². The minimum atomic E-state index is -0.147. The zero-order valence-corrected chi connectivity index (χ0v) is 17.9. The molecule has 1 atom stereocenters. The third-order valence-electron chi connectivity index (χ3n) is 5.72. The summed E-state index contributed by atoms with van der Waals surface area (Å²) in [6.45, 7) is 3.26. The van der Waals surface area contributed by atoms with Crippen LogP contribution in [0.1, 0.15) is 52.4 Å². The van der Waals surface area contributed by atoms with Crippen LogP contribution in [-0.4, -0.2) is 29.8 Å². The molecule has 5 nitrogen and oxygen atoms in total. The van der Waals surface area contributed by atoms with Crippen LogP contribution in [0.2, 0.25) is 0 Å². The number of rotatable bonds is 6. The number of carbonyl (C=O) groups excluding carboxylic acids is 2. The van der Waals surface area contributed by atoms with E-state index in [1.54, 1.807) is 28.4 Å². The summed E-state index contributed by atoms with van der Waals surface area (Å²) in [4.78, 5) is 28.4. The summed E-state index contributed by atoms with van der Waals surface area (Å²) in [5.74, 6) is 0.207. The van der Waals surface area contributed by atoms with Crippen molar-refractivity contribution in [3.05, 3.63) is 81.9 Å². The van der Waals surface area contributed by atoms with Gasteiger partial charge in [0.25, 0.3) is 5.91 Å². The van der Waals surface area contributed by atoms with Crippen LogP contribution in [0.15, 0.2) is 64.6 Å². The van der Waals surface area contributed by atoms with Crippen molar-refractivity contribution in [3.63, 3.8) is 0 Å². The summed E-state index contributed by atoms with van der Waals surface area (Å²) in [6, 6.07) is 15.8. The molecule has 0 saturated carbocycles. The van der Waals surface area contributed by atoms with Gasteiger partial charge in [-0.05, 0) is 54.0 Å². The lowest BCUT2D eigenvalue weighted by Crippen LogP contribution is -2.43. The van der Waals surface area contributed by atoms with Crippen LogP contribution in [-0.2, 0) is 11.2 Å². The van der Waals surface area contributed by atoms with E-state index >= 15 is 0 Å². The van der Waals surface area contributed by atoms with E-state index in [4.69, 9.17) is 4.42 Å². The second kappa shape index (κ2) is 9.30. The highest BCUT2D eigenvalue weighted by Gasteiger charge is 2.30. The van der Waals surface area contributed by atoms with Crippen molar-refractivity contribution in [3.8, 4) is 0 Å². The van der Waals surface area contributed by atoms with E-state index in [1.165, 1.54) is 11.8 Å². The van der Waals surface area contributed by atoms with Gasteiger partial charge in [0.1, 0.15) is 0 Å². The number of piperidine rings is 1. The standard InChI is InChI=1S/C24H26N2O3S/c1-2-17-7-9-18(10-8-17)22(21-6-4-16-30-21)25-23(27)19-11-13-26(14-12-19)24(28)20-5-3-15-29-20/h3-10,15-16,19,22H,2,11-14H2,1H3,(H,25,27). The van der Waals surface area contributed by atoms with E-state index in [0.717, 1.165) is 16.9 Å². The summed E-state index contributed by atoms with van der Waals surface area (Å²) >= 11 is 1.65. The predicted molar refractivity (Wildman–Crippen MR) is 117 cm³/mol. The Bertz CT molecular complexity index is 957. The number of hydrogen-bond acceptors (Lipinski definition) is 4. The molecule has 2 aromatic heterocycles. The molecule has 1 fully saturated rings. The monoisotopic (exact) mass is 422 g/mol. The second-order valence-electron chi connectivity index (χ2n) is 7.60. The zero-order valence-electron chi connectivity index (χ0n) is 17.0. The maximum atomic E-state index is 13.1. The van der Waals surface area contributed by atoms with E-state index in [2.05, 4.69) is 42.6 Å². The first-order valence-electron chi connectivity index (χ1n) is 10.4. The Labute approximate surface area is 180 Å². The van der Waals surface area contributed by atoms with Gasteiger partial charge < -0.3 is 14.6 Å². The van der Waals surface area contributed by atoms with Crippen molar-refractivity contribution in [2.24, 2.45) is 5.92 Å². The van der Waals surface area contributed by atoms with Crippen LogP contribution in [0.3, 0.4) is 0 Å². The predicted octanol–water partition coefficient (Wildman–Crippen LogP) is 4.66. The molecule has 0 spiro atoms. The van der Waals surface area contributed by atoms with Crippen LogP contribution >= 0.6 is 11.3 Å². The Morgan fingerprint density at radius 2 is 1.90 bits per heavy atom. The summed E-state index contributed by atoms with van der Waals surface area (Å²) in [6.07, 6.45) is 3.81. The minimum Gasteiger partial charge on any atom is -0.459 e. The minimum absolute atomic E-state index is 0.0538. The maximum Gasteiger partial charge on any atom is 0.289 e. The number of likely N-dealkylation sites (tertiary alicyclic amines) is 1. The third-order valence-corrected chi connectivity index (χ3v) is 6.66. The molecular formula is C24H26N2O3S. The van der Waals surface area contributed by atoms with Crippen molar-refractivity contribution >= 4 is 23.2 Å². The molecule has 0 aliphatic carbocycles. The molecule has 30 heavy (non-hydrogen) atoms. The van der Waals surface area contributed by atoms with Crippen molar-refractivity contribution in [2.45, 2.75) is 32.2 Å². The van der Waals surface area contributed by atoms with Gasteiger partial charge in [0.05, 0.1) is 12.3 Å². The molecule has 1 unspecified atom stereocenters. The van der Waals surface area contributed by atoms with E-state index in [1.807, 2.05) is 11.4 Å². The fourth-order valence-corrected chi connectivity index (χ4v) is 4.68. The lowest BCUT2D eigenvalue weighted by Gasteiger charge is -2.31. The molecule has 4 rings (SSSR count). The highest BCUT2D eigenvalue weighted by Crippen LogP contribution is 2.28. The number of carbonyl (C=O) groups is 2. The number of aryl methyl sites for hydroxylation is 1. The van der Waals surface area contributed by atoms with Crippen molar-refractivity contribution in [2.75, 3.05) is 13.1 Å². The summed E-state index contributed by atoms with van der Waals surface area (Å²) in [7, 11) is 0. The Morgan fingerprint density at radius 3 is 2.50 bits per heavy atom. The van der Waals surface area contributed by atoms with E-state index in [0.29, 0.717) is 31.7 Å². The summed E-state index contributed by atoms with van der Waals surface area (Å²) in [5.41, 5.74) is 2.37. The molecule has 1 aliphatic heterocycles. The number of thiophene rings is 1. The van der Waals surface area contributed by atoms with Gasteiger partial charge >= 0.3 is 0 Å². The Hall–Kier alpha value is -2.86. The van der Waals surface area contributed by atoms with Crippen molar-refractivity contribution < 1.29 is 14.0 Å². The number of nitrogens with one attached hydrogen (secondary N) is 1. The molecule has 3 aromatic rings. The van der Waals surface area contributed by atoms with Gasteiger partial charge in [0.2, 0.25) is 5.91 Å². The fraction of sp³-hybridized carbons (Fsp3) is 0.333. The number of hydrogen-bond donors (Lipinski definition) is 1. The van der Waals surface area contributed by atoms with Gasteiger partial charge in [-0.2, -0.15) is 0 Å². The van der Waals surface area contributed by atoms with Crippen molar-refractivity contribution in [1.29, 1.82) is 0 Å². The highest BCUT2D eigenvalue weighted by atomic mass is 32.1. The molecular weight excluding hydrogens is 396 g/mol. The van der Waals surface area contributed by atoms with Crippen LogP contribution in [0.4, 0.5) is 0 Å². The Balaban J connectivity index is 1.41. The number of benzene rings is 1. The van der Waals surface area contributed by atoms with E-state index in [9.17, 15) is 9.59 Å². The molecule has 1 saturated heterocycles. The molecule has 6 heteroatoms. The number of amides is 2. The van der Waals surface area contributed by atoms with Crippen LogP contribution in [0, 0.1) is 5.92 Å². The maximum absolute atomic E-state index is 13.1. The summed E-state index contributed by atoms with van der Waals surface area (Å²) in [5, 5.41) is 5.30. The van der Waals surface area contributed by atoms with Gasteiger partial charge in [-0.25, -0.2) is 0 Å². The van der Waals surface area contributed by atoms with Crippen LogP contribution < -0.4 is 5.32 Å². The van der Waals surface area contributed by atoms with E-state index < -0.39 is 0 Å². The molecule has 2 amide bonds. The topological polar surface area (TPSA) is 62.6 Å². The molecule has 156 valence electrons. The average molecular weight is 423 g/mol. The van der Waals surface area contributed by atoms with Gasteiger partial charge in [0.15, 0.2) is 5.76 Å². The number of nitrogens with zero attached hydrogens (tertiary/aromatic N) is 1. The van der Waals surface area contributed by atoms with Gasteiger partial charge in [0, 0.05) is 23.9 Å². The first kappa shape index (κ1) is 20.4. The quantitative estimate of drug-likeness (QED) is 0.628. The average Bonchev–Trinajstić information content (AvgIpc) is 3.52. The smallest absolute Gasteiger partial charge is 0.289 e. The largest absolute Gasteiger partial charge is 0.459 e. The van der Waals surface area contributed by atoms with Gasteiger partial charge in [-0.15, -0.1) is 11.3 Å². The Kier molecular flexibility index (Phi) is 6.33. The molecule has 1 aromatic carbocycles. The van der Waals surface area contributed by atoms with Gasteiger partial charge in [-0.1, -0.05) is 37.3 Å². The molecule has 0 bridgehead atoms. The summed E-state index contributed by atoms with van der Waals surface area (Å²) < 4.78 is 5.21. The lowest BCUT2D eigenvalue weighted by atomic mass is 9.94. The number of furan rings is 1. The normalized spacial score (nSPS) is 15.7. The SMILES string of the molecule is CCc1ccc(C(NC(=O)C2CCN(C(=O)c3ccco3)CC2)c2cccs2)cc1. The van der Waals surface area contributed by atoms with Crippen molar-refractivity contribution in [1.82, 2.24) is 10.2 Å². The molecule has 0 radical (unpaired) electrons.